The number of ketones is 1. The highest BCUT2D eigenvalue weighted by atomic mass is 32.1. The van der Waals surface area contributed by atoms with Gasteiger partial charge in [-0.25, -0.2) is 9.78 Å². The number of thiazole rings is 1. The van der Waals surface area contributed by atoms with E-state index in [1.54, 1.807) is 50.2 Å². The fraction of sp³-hybridized carbons (Fsp3) is 0.231. The molecule has 2 N–H and O–H groups in total. The quantitative estimate of drug-likeness (QED) is 0.209. The fourth-order valence-electron chi connectivity index (χ4n) is 3.97. The summed E-state index contributed by atoms with van der Waals surface area (Å²) in [6, 6.07) is 11.5. The smallest absolute Gasteiger partial charge is 0.350 e. The summed E-state index contributed by atoms with van der Waals surface area (Å²) >= 11 is 0.912. The van der Waals surface area contributed by atoms with E-state index in [2.05, 4.69) is 4.98 Å². The van der Waals surface area contributed by atoms with E-state index in [1.165, 1.54) is 12.1 Å². The Morgan fingerprint density at radius 1 is 1.11 bits per heavy atom. The van der Waals surface area contributed by atoms with Crippen molar-refractivity contribution in [1.29, 1.82) is 0 Å². The molecule has 1 atom stereocenters. The maximum atomic E-state index is 13.3. The van der Waals surface area contributed by atoms with E-state index >= 15 is 0 Å². The van der Waals surface area contributed by atoms with E-state index in [-0.39, 0.29) is 33.5 Å². The molecule has 1 aliphatic rings. The molecule has 1 aliphatic heterocycles. The van der Waals surface area contributed by atoms with Crippen molar-refractivity contribution in [2.75, 3.05) is 18.1 Å². The number of benzene rings is 2. The van der Waals surface area contributed by atoms with Crippen molar-refractivity contribution in [3.63, 3.8) is 0 Å². The number of aryl methyl sites for hydroxylation is 1. The third kappa shape index (κ3) is 4.55. The summed E-state index contributed by atoms with van der Waals surface area (Å²) in [6.07, 6.45) is 0. The number of hydrogen-bond acceptors (Lipinski definition) is 9. The lowest BCUT2D eigenvalue weighted by Crippen LogP contribution is -2.29. The van der Waals surface area contributed by atoms with Gasteiger partial charge in [0.25, 0.3) is 5.78 Å². The molecule has 0 radical (unpaired) electrons. The van der Waals surface area contributed by atoms with Gasteiger partial charge in [-0.05, 0) is 50.6 Å². The van der Waals surface area contributed by atoms with Crippen LogP contribution in [0.5, 0.6) is 11.5 Å². The number of carbonyl (C=O) groups excluding carboxylic acids is 3. The number of aliphatic hydroxyl groups is 1. The number of aromatic hydroxyl groups is 1. The zero-order valence-electron chi connectivity index (χ0n) is 19.8. The lowest BCUT2D eigenvalue weighted by atomic mass is 9.95. The number of esters is 1. The van der Waals surface area contributed by atoms with Gasteiger partial charge in [0.15, 0.2) is 5.13 Å². The number of phenolic OH excluding ortho intramolecular Hbond substituents is 1. The van der Waals surface area contributed by atoms with Crippen molar-refractivity contribution >= 4 is 39.9 Å². The number of hydrogen-bond donors (Lipinski definition) is 2. The highest BCUT2D eigenvalue weighted by molar-refractivity contribution is 7.17. The SMILES string of the molecule is CCOC(=O)c1sc(N2C(=O)C(=O)/C(=C(/O)c3cccc(OCC)c3)C2c2cccc(O)c2)nc1C. The fourth-order valence-corrected chi connectivity index (χ4v) is 4.95. The molecule has 186 valence electrons. The van der Waals surface area contributed by atoms with Gasteiger partial charge in [-0.15, -0.1) is 0 Å². The third-order valence-corrected chi connectivity index (χ3v) is 6.64. The summed E-state index contributed by atoms with van der Waals surface area (Å²) in [5.41, 5.74) is 0.827. The Bertz CT molecular complexity index is 1380. The highest BCUT2D eigenvalue weighted by Crippen LogP contribution is 2.44. The number of carbonyl (C=O) groups is 3. The maximum absolute atomic E-state index is 13.3. The minimum absolute atomic E-state index is 0.0843. The predicted octanol–water partition coefficient (Wildman–Crippen LogP) is 4.36. The summed E-state index contributed by atoms with van der Waals surface area (Å²) in [5, 5.41) is 21.5. The monoisotopic (exact) mass is 508 g/mol. The van der Waals surface area contributed by atoms with E-state index < -0.39 is 29.5 Å². The number of Topliss-reactive ketones (excluding diaryl/α,β-unsaturated/α-hetero) is 1. The van der Waals surface area contributed by atoms with E-state index in [4.69, 9.17) is 9.47 Å². The van der Waals surface area contributed by atoms with Crippen LogP contribution in [0.25, 0.3) is 5.76 Å². The Balaban J connectivity index is 1.91. The van der Waals surface area contributed by atoms with Gasteiger partial charge in [0.1, 0.15) is 22.1 Å². The van der Waals surface area contributed by atoms with Crippen molar-refractivity contribution in [3.05, 3.63) is 75.8 Å². The summed E-state index contributed by atoms with van der Waals surface area (Å²) < 4.78 is 10.6. The van der Waals surface area contributed by atoms with Gasteiger partial charge in [-0.2, -0.15) is 0 Å². The van der Waals surface area contributed by atoms with Gasteiger partial charge >= 0.3 is 11.9 Å². The predicted molar refractivity (Wildman–Crippen MR) is 133 cm³/mol. The molecule has 2 aromatic carbocycles. The zero-order valence-corrected chi connectivity index (χ0v) is 20.7. The van der Waals surface area contributed by atoms with Gasteiger partial charge in [-0.1, -0.05) is 35.6 Å². The van der Waals surface area contributed by atoms with Crippen LogP contribution >= 0.6 is 11.3 Å². The number of phenols is 1. The standard InChI is InChI=1S/C26H24N2O7S/c1-4-34-18-11-7-9-16(13-18)21(30)19-20(15-8-6-10-17(29)12-15)28(24(32)22(19)31)26-27-14(3)23(36-26)25(33)35-5-2/h6-13,20,29-30H,4-5H2,1-3H3/b21-19+. The second-order valence-electron chi connectivity index (χ2n) is 7.86. The van der Waals surface area contributed by atoms with E-state index in [0.29, 0.717) is 23.6 Å². The van der Waals surface area contributed by atoms with Crippen LogP contribution in [0, 0.1) is 6.92 Å². The van der Waals surface area contributed by atoms with Crippen LogP contribution in [0.3, 0.4) is 0 Å². The highest BCUT2D eigenvalue weighted by Gasteiger charge is 2.48. The Morgan fingerprint density at radius 2 is 1.86 bits per heavy atom. The second kappa shape index (κ2) is 10.2. The van der Waals surface area contributed by atoms with Crippen molar-refractivity contribution in [2.45, 2.75) is 26.8 Å². The molecule has 1 unspecified atom stereocenters. The summed E-state index contributed by atoms with van der Waals surface area (Å²) in [5.74, 6) is -2.43. The largest absolute Gasteiger partial charge is 0.508 e. The first-order valence-corrected chi connectivity index (χ1v) is 12.1. The average molecular weight is 509 g/mol. The summed E-state index contributed by atoms with van der Waals surface area (Å²) in [6.45, 7) is 5.67. The molecule has 0 aliphatic carbocycles. The Labute approximate surface area is 211 Å². The normalized spacial score (nSPS) is 16.9. The van der Waals surface area contributed by atoms with Crippen LogP contribution in [0.15, 0.2) is 54.1 Å². The lowest BCUT2D eigenvalue weighted by Gasteiger charge is -2.23. The first kappa shape index (κ1) is 24.9. The van der Waals surface area contributed by atoms with Gasteiger partial charge in [-0.3, -0.25) is 14.5 Å². The minimum Gasteiger partial charge on any atom is -0.508 e. The van der Waals surface area contributed by atoms with Gasteiger partial charge in [0.05, 0.1) is 30.5 Å². The van der Waals surface area contributed by atoms with Crippen LogP contribution in [-0.2, 0) is 14.3 Å². The number of anilines is 1. The lowest BCUT2D eigenvalue weighted by molar-refractivity contribution is -0.132. The van der Waals surface area contributed by atoms with E-state index in [1.807, 2.05) is 6.92 Å². The van der Waals surface area contributed by atoms with Crippen LogP contribution in [-0.4, -0.2) is 46.1 Å². The average Bonchev–Trinajstić information content (AvgIpc) is 3.36. The molecule has 3 aromatic rings. The minimum atomic E-state index is -1.10. The van der Waals surface area contributed by atoms with E-state index in [9.17, 15) is 24.6 Å². The maximum Gasteiger partial charge on any atom is 0.350 e. The molecule has 0 saturated carbocycles. The Kier molecular flexibility index (Phi) is 7.07. The van der Waals surface area contributed by atoms with Crippen molar-refractivity contribution in [2.24, 2.45) is 0 Å². The second-order valence-corrected chi connectivity index (χ2v) is 8.83. The molecule has 0 spiro atoms. The van der Waals surface area contributed by atoms with Crippen LogP contribution in [0.4, 0.5) is 5.13 Å². The number of aliphatic hydroxyl groups excluding tert-OH is 1. The molecular weight excluding hydrogens is 484 g/mol. The van der Waals surface area contributed by atoms with Crippen molar-refractivity contribution < 1.29 is 34.1 Å². The number of aromatic nitrogens is 1. The Hall–Kier alpha value is -4.18. The molecule has 2 heterocycles. The number of amides is 1. The molecular formula is C26H24N2O7S. The van der Waals surface area contributed by atoms with E-state index in [0.717, 1.165) is 16.2 Å². The number of nitrogens with zero attached hydrogens (tertiary/aromatic N) is 2. The molecule has 9 nitrogen and oxygen atoms in total. The molecule has 36 heavy (non-hydrogen) atoms. The third-order valence-electron chi connectivity index (χ3n) is 5.50. The molecule has 4 rings (SSSR count). The molecule has 1 aromatic heterocycles. The summed E-state index contributed by atoms with van der Waals surface area (Å²) in [7, 11) is 0. The zero-order chi connectivity index (χ0) is 26.0. The van der Waals surface area contributed by atoms with Gasteiger partial charge < -0.3 is 19.7 Å². The topological polar surface area (TPSA) is 126 Å². The van der Waals surface area contributed by atoms with Crippen molar-refractivity contribution in [1.82, 2.24) is 4.98 Å². The Morgan fingerprint density at radius 3 is 2.56 bits per heavy atom. The molecule has 1 amide bonds. The molecule has 10 heteroatoms. The molecule has 0 bridgehead atoms. The van der Waals surface area contributed by atoms with Gasteiger partial charge in [0.2, 0.25) is 0 Å². The molecule has 1 saturated heterocycles. The van der Waals surface area contributed by atoms with Crippen LogP contribution in [0.1, 0.15) is 46.4 Å². The van der Waals surface area contributed by atoms with Crippen LogP contribution in [0.2, 0.25) is 0 Å². The number of rotatable bonds is 7. The van der Waals surface area contributed by atoms with Crippen molar-refractivity contribution in [3.8, 4) is 11.5 Å². The summed E-state index contributed by atoms with van der Waals surface area (Å²) in [4.78, 5) is 44.7. The first-order valence-electron chi connectivity index (χ1n) is 11.2. The van der Waals surface area contributed by atoms with Crippen LogP contribution < -0.4 is 9.64 Å². The first-order chi connectivity index (χ1) is 17.3. The number of ether oxygens (including phenoxy) is 2. The van der Waals surface area contributed by atoms with Gasteiger partial charge in [0, 0.05) is 5.56 Å². The molecule has 1 fully saturated rings.